The molecule has 9 heteroatoms. The number of nitrogens with one attached hydrogen (secondary N) is 1. The van der Waals surface area contributed by atoms with Gasteiger partial charge in [0.15, 0.2) is 11.5 Å². The number of aromatic nitrogens is 2. The largest absolute Gasteiger partial charge is 0.504 e. The molecule has 2 atom stereocenters. The van der Waals surface area contributed by atoms with E-state index >= 15 is 0 Å². The van der Waals surface area contributed by atoms with Crippen LogP contribution in [-0.4, -0.2) is 47.6 Å². The topological polar surface area (TPSA) is 85.7 Å². The second kappa shape index (κ2) is 8.76. The Bertz CT molecular complexity index is 1010. The molecular weight excluding hydrogens is 396 g/mol. The fourth-order valence-electron chi connectivity index (χ4n) is 3.50. The van der Waals surface area contributed by atoms with Crippen LogP contribution in [0.5, 0.6) is 11.5 Å². The van der Waals surface area contributed by atoms with Gasteiger partial charge in [0.1, 0.15) is 29.5 Å². The molecule has 158 valence electrons. The van der Waals surface area contributed by atoms with E-state index in [2.05, 4.69) is 15.3 Å². The zero-order valence-electron chi connectivity index (χ0n) is 16.3. The molecule has 2 aliphatic rings. The maximum absolute atomic E-state index is 13.7. The van der Waals surface area contributed by atoms with Gasteiger partial charge in [-0.05, 0) is 31.0 Å². The molecule has 2 unspecified atom stereocenters. The van der Waals surface area contributed by atoms with Crippen molar-refractivity contribution in [1.82, 2.24) is 9.97 Å². The summed E-state index contributed by atoms with van der Waals surface area (Å²) in [6, 6.07) is 6.43. The number of methoxy groups -OCH3 is 1. The molecule has 3 aromatic rings. The van der Waals surface area contributed by atoms with Crippen LogP contribution in [0, 0.1) is 11.6 Å². The molecule has 0 amide bonds. The van der Waals surface area contributed by atoms with E-state index in [1.165, 1.54) is 31.6 Å². The minimum absolute atomic E-state index is 0.0864. The molecule has 3 heterocycles. The van der Waals surface area contributed by atoms with Crippen LogP contribution < -0.4 is 10.1 Å². The van der Waals surface area contributed by atoms with Gasteiger partial charge in [-0.3, -0.25) is 0 Å². The van der Waals surface area contributed by atoms with Crippen LogP contribution in [0.2, 0.25) is 0 Å². The van der Waals surface area contributed by atoms with Crippen LogP contribution in [-0.2, 0) is 9.47 Å². The smallest absolute Gasteiger partial charge is 0.161 e. The molecule has 5 rings (SSSR count). The van der Waals surface area contributed by atoms with Crippen LogP contribution in [0.1, 0.15) is 12.8 Å². The van der Waals surface area contributed by atoms with Crippen molar-refractivity contribution in [2.24, 2.45) is 0 Å². The summed E-state index contributed by atoms with van der Waals surface area (Å²) >= 11 is 0. The monoisotopic (exact) mass is 417 g/mol. The Balaban J connectivity index is 0.000000225. The zero-order valence-corrected chi connectivity index (χ0v) is 16.3. The number of fused-ring (bicyclic) bond motifs is 2. The van der Waals surface area contributed by atoms with E-state index < -0.39 is 11.6 Å². The average Bonchev–Trinajstić information content (AvgIpc) is 3.36. The van der Waals surface area contributed by atoms with Gasteiger partial charge >= 0.3 is 0 Å². The minimum atomic E-state index is -0.738. The number of hydrogen-bond donors (Lipinski definition) is 2. The van der Waals surface area contributed by atoms with Crippen LogP contribution >= 0.6 is 0 Å². The first-order valence-corrected chi connectivity index (χ1v) is 9.52. The molecule has 0 saturated carbocycles. The van der Waals surface area contributed by atoms with Crippen molar-refractivity contribution in [2.45, 2.75) is 25.0 Å². The Labute approximate surface area is 171 Å². The second-order valence-electron chi connectivity index (χ2n) is 6.88. The highest BCUT2D eigenvalue weighted by Crippen LogP contribution is 2.34. The first-order valence-electron chi connectivity index (χ1n) is 9.52. The van der Waals surface area contributed by atoms with Crippen molar-refractivity contribution in [3.8, 4) is 11.5 Å². The van der Waals surface area contributed by atoms with E-state index in [9.17, 15) is 13.9 Å². The van der Waals surface area contributed by atoms with Crippen LogP contribution in [0.4, 0.5) is 20.3 Å². The summed E-state index contributed by atoms with van der Waals surface area (Å²) in [5, 5.41) is 12.8. The average molecular weight is 417 g/mol. The summed E-state index contributed by atoms with van der Waals surface area (Å²) in [4.78, 5) is 8.01. The van der Waals surface area contributed by atoms with Crippen molar-refractivity contribution < 1.29 is 28.1 Å². The number of benzene rings is 2. The summed E-state index contributed by atoms with van der Waals surface area (Å²) in [6.07, 6.45) is 4.37. The van der Waals surface area contributed by atoms with Gasteiger partial charge in [-0.25, -0.2) is 18.7 Å². The highest BCUT2D eigenvalue weighted by molar-refractivity contribution is 5.93. The number of hydrogen-bond acceptors (Lipinski definition) is 7. The molecule has 2 aromatic carbocycles. The lowest BCUT2D eigenvalue weighted by molar-refractivity contribution is 0.0732. The molecule has 2 aliphatic heterocycles. The zero-order chi connectivity index (χ0) is 21.1. The lowest BCUT2D eigenvalue weighted by Crippen LogP contribution is -2.13. The normalized spacial score (nSPS) is 19.8. The van der Waals surface area contributed by atoms with Gasteiger partial charge in [-0.1, -0.05) is 6.07 Å². The lowest BCUT2D eigenvalue weighted by atomic mass is 10.2. The molecule has 2 fully saturated rings. The number of phenols is 1. The summed E-state index contributed by atoms with van der Waals surface area (Å²) in [6.45, 7) is 1.82. The van der Waals surface area contributed by atoms with Gasteiger partial charge < -0.3 is 24.6 Å². The Hall–Kier alpha value is -3.04. The lowest BCUT2D eigenvalue weighted by Gasteiger charge is -2.11. The number of halogens is 2. The third-order valence-corrected chi connectivity index (χ3v) is 5.03. The minimum Gasteiger partial charge on any atom is -0.504 e. The van der Waals surface area contributed by atoms with Crippen molar-refractivity contribution in [3.05, 3.63) is 48.3 Å². The molecule has 0 aliphatic carbocycles. The van der Waals surface area contributed by atoms with Gasteiger partial charge in [0.25, 0.3) is 0 Å². The maximum atomic E-state index is 13.7. The van der Waals surface area contributed by atoms with Crippen LogP contribution in [0.3, 0.4) is 0 Å². The van der Waals surface area contributed by atoms with Crippen LogP contribution in [0.25, 0.3) is 10.9 Å². The summed E-state index contributed by atoms with van der Waals surface area (Å²) in [5.74, 6) is -1.15. The van der Waals surface area contributed by atoms with Gasteiger partial charge in [0.2, 0.25) is 0 Å². The highest BCUT2D eigenvalue weighted by Gasteiger charge is 2.33. The Morgan fingerprint density at radius 1 is 1.07 bits per heavy atom. The number of anilines is 2. The molecule has 30 heavy (non-hydrogen) atoms. The van der Waals surface area contributed by atoms with Crippen LogP contribution in [0.15, 0.2) is 36.7 Å². The SMILES string of the molecule is C1CC2OCCC2O1.COc1cc2c(Nc3c(F)cccc3F)ncnc2cc1O. The number of aromatic hydroxyl groups is 1. The third kappa shape index (κ3) is 4.12. The third-order valence-electron chi connectivity index (χ3n) is 5.03. The number of para-hydroxylation sites is 1. The molecule has 0 spiro atoms. The van der Waals surface area contributed by atoms with Gasteiger partial charge in [0, 0.05) is 24.7 Å². The van der Waals surface area contributed by atoms with Crippen molar-refractivity contribution >= 4 is 22.4 Å². The standard InChI is InChI=1S/C15H11F2N3O2.C6H10O2/c1-22-13-5-8-11(6-12(13)21)18-7-19-15(8)20-14-9(16)3-2-4-10(14)17;1-3-7-6-2-4-8-5(1)6/h2-7,21H,1H3,(H,18,19,20);5-6H,1-4H2. The van der Waals surface area contributed by atoms with E-state index in [0.29, 0.717) is 23.1 Å². The molecule has 2 saturated heterocycles. The quantitative estimate of drug-likeness (QED) is 0.668. The van der Waals surface area contributed by atoms with E-state index in [4.69, 9.17) is 14.2 Å². The van der Waals surface area contributed by atoms with E-state index in [1.807, 2.05) is 0 Å². The van der Waals surface area contributed by atoms with Gasteiger partial charge in [0.05, 0.1) is 24.8 Å². The Kier molecular flexibility index (Phi) is 5.91. The number of rotatable bonds is 3. The molecule has 2 N–H and O–H groups in total. The fourth-order valence-corrected chi connectivity index (χ4v) is 3.50. The molecule has 0 bridgehead atoms. The van der Waals surface area contributed by atoms with Crippen molar-refractivity contribution in [1.29, 1.82) is 0 Å². The van der Waals surface area contributed by atoms with E-state index in [0.717, 1.165) is 38.2 Å². The second-order valence-corrected chi connectivity index (χ2v) is 6.88. The fraction of sp³-hybridized carbons (Fsp3) is 0.333. The van der Waals surface area contributed by atoms with E-state index in [1.54, 1.807) is 0 Å². The highest BCUT2D eigenvalue weighted by atomic mass is 19.1. The van der Waals surface area contributed by atoms with Crippen molar-refractivity contribution in [2.75, 3.05) is 25.6 Å². The summed E-state index contributed by atoms with van der Waals surface area (Å²) < 4.78 is 43.2. The molecule has 7 nitrogen and oxygen atoms in total. The predicted molar refractivity (Wildman–Crippen MR) is 106 cm³/mol. The molecule has 0 radical (unpaired) electrons. The van der Waals surface area contributed by atoms with Gasteiger partial charge in [-0.15, -0.1) is 0 Å². The van der Waals surface area contributed by atoms with Gasteiger partial charge in [-0.2, -0.15) is 0 Å². The Morgan fingerprint density at radius 2 is 1.73 bits per heavy atom. The van der Waals surface area contributed by atoms with E-state index in [-0.39, 0.29) is 23.0 Å². The number of nitrogens with zero attached hydrogens (tertiary/aromatic N) is 2. The first kappa shape index (κ1) is 20.2. The predicted octanol–water partition coefficient (Wildman–Crippen LogP) is 3.93. The first-order chi connectivity index (χ1) is 14.6. The maximum Gasteiger partial charge on any atom is 0.161 e. The van der Waals surface area contributed by atoms with Crippen molar-refractivity contribution in [3.63, 3.8) is 0 Å². The summed E-state index contributed by atoms with van der Waals surface area (Å²) in [7, 11) is 1.40. The molecule has 1 aromatic heterocycles. The number of ether oxygens (including phenoxy) is 3. The number of phenolic OH excluding ortho intramolecular Hbond substituents is 1. The Morgan fingerprint density at radius 3 is 2.37 bits per heavy atom. The molecular formula is C21H21F2N3O4. The summed E-state index contributed by atoms with van der Waals surface area (Å²) in [5.41, 5.74) is 0.0992.